The second-order valence-corrected chi connectivity index (χ2v) is 0.512. The average molecular weight is 77.1 g/mol. The number of aliphatic hydroxyl groups excluding tert-OH is 1. The Kier molecular flexibility index (Phi) is 16.1. The van der Waals surface area contributed by atoms with Crippen LogP contribution in [0, 0.1) is 0 Å². The molecule has 3 N–H and O–H groups in total. The van der Waals surface area contributed by atoms with Crippen molar-refractivity contribution in [2.75, 3.05) is 13.2 Å². The Morgan fingerprint density at radius 1 is 1.60 bits per heavy atom. The van der Waals surface area contributed by atoms with Crippen molar-refractivity contribution in [1.29, 1.82) is 0 Å². The molecule has 0 bridgehead atoms. The minimum Gasteiger partial charge on any atom is -0.395 e. The summed E-state index contributed by atoms with van der Waals surface area (Å²) in [5.41, 5.74) is 4.78. The van der Waals surface area contributed by atoms with Crippen molar-refractivity contribution in [2.45, 2.75) is 7.43 Å². The van der Waals surface area contributed by atoms with Gasteiger partial charge in [0.05, 0.1) is 6.61 Å². The summed E-state index contributed by atoms with van der Waals surface area (Å²) >= 11 is 0. The lowest BCUT2D eigenvalue weighted by molar-refractivity contribution is 0.306. The summed E-state index contributed by atoms with van der Waals surface area (Å²) < 4.78 is 0. The molecule has 0 aromatic heterocycles. The van der Waals surface area contributed by atoms with Crippen molar-refractivity contribution in [1.82, 2.24) is 0 Å². The zero-order chi connectivity index (χ0) is 3.41. The van der Waals surface area contributed by atoms with Crippen LogP contribution in [0.15, 0.2) is 0 Å². The van der Waals surface area contributed by atoms with Crippen LogP contribution in [0.3, 0.4) is 0 Å². The van der Waals surface area contributed by atoms with E-state index in [1.54, 1.807) is 0 Å². The molecule has 2 heteroatoms. The van der Waals surface area contributed by atoms with Crippen molar-refractivity contribution in [3.8, 4) is 0 Å². The minimum atomic E-state index is 0. The zero-order valence-electron chi connectivity index (χ0n) is 2.44. The van der Waals surface area contributed by atoms with Crippen LogP contribution in [0.1, 0.15) is 7.43 Å². The SMILES string of the molecule is C.NCCO. The number of hydrogen-bond acceptors (Lipinski definition) is 2. The van der Waals surface area contributed by atoms with Gasteiger partial charge in [-0.15, -0.1) is 0 Å². The van der Waals surface area contributed by atoms with Crippen LogP contribution in [0.25, 0.3) is 0 Å². The average Bonchev–Trinajstić information content (AvgIpc) is 1.37. The fourth-order valence-corrected chi connectivity index (χ4v) is 0. The highest BCUT2D eigenvalue weighted by molar-refractivity contribution is 4.17. The molecule has 0 amide bonds. The molecule has 0 aromatic rings. The highest BCUT2D eigenvalue weighted by atomic mass is 16.3. The maximum Gasteiger partial charge on any atom is 0.0553 e. The van der Waals surface area contributed by atoms with Gasteiger partial charge < -0.3 is 10.8 Å². The topological polar surface area (TPSA) is 46.2 Å². The summed E-state index contributed by atoms with van der Waals surface area (Å²) in [7, 11) is 0. The first-order valence-corrected chi connectivity index (χ1v) is 1.22. The van der Waals surface area contributed by atoms with E-state index in [-0.39, 0.29) is 14.0 Å². The summed E-state index contributed by atoms with van der Waals surface area (Å²) in [6.07, 6.45) is 0. The van der Waals surface area contributed by atoms with Crippen LogP contribution in [0.2, 0.25) is 0 Å². The van der Waals surface area contributed by atoms with Gasteiger partial charge in [0.2, 0.25) is 0 Å². The number of aliphatic hydroxyl groups is 1. The maximum absolute atomic E-state index is 7.75. The van der Waals surface area contributed by atoms with E-state index in [9.17, 15) is 0 Å². The molecule has 0 saturated heterocycles. The van der Waals surface area contributed by atoms with Crippen LogP contribution in [0.4, 0.5) is 0 Å². The number of hydrogen-bond donors (Lipinski definition) is 2. The quantitative estimate of drug-likeness (QED) is 0.446. The van der Waals surface area contributed by atoms with Crippen LogP contribution >= 0.6 is 0 Å². The van der Waals surface area contributed by atoms with Gasteiger partial charge in [-0.2, -0.15) is 0 Å². The molecule has 0 aliphatic heterocycles. The first-order valence-electron chi connectivity index (χ1n) is 1.22. The maximum atomic E-state index is 7.75. The van der Waals surface area contributed by atoms with E-state index < -0.39 is 0 Å². The lowest BCUT2D eigenvalue weighted by Crippen LogP contribution is -2.02. The largest absolute Gasteiger partial charge is 0.395 e. The van der Waals surface area contributed by atoms with Crippen LogP contribution < -0.4 is 5.73 Å². The van der Waals surface area contributed by atoms with E-state index in [4.69, 9.17) is 10.8 Å². The summed E-state index contributed by atoms with van der Waals surface area (Å²) in [5, 5.41) is 7.75. The van der Waals surface area contributed by atoms with E-state index in [2.05, 4.69) is 0 Å². The van der Waals surface area contributed by atoms with E-state index in [1.165, 1.54) is 0 Å². The Morgan fingerprint density at radius 3 is 1.80 bits per heavy atom. The van der Waals surface area contributed by atoms with Gasteiger partial charge in [-0.1, -0.05) is 7.43 Å². The van der Waals surface area contributed by atoms with Gasteiger partial charge >= 0.3 is 0 Å². The molecule has 2 nitrogen and oxygen atoms in total. The molecular formula is C3H11NO. The summed E-state index contributed by atoms with van der Waals surface area (Å²) in [4.78, 5) is 0. The van der Waals surface area contributed by atoms with Gasteiger partial charge in [-0.3, -0.25) is 0 Å². The van der Waals surface area contributed by atoms with Gasteiger partial charge in [0.25, 0.3) is 0 Å². The molecule has 0 atom stereocenters. The number of rotatable bonds is 1. The molecule has 34 valence electrons. The monoisotopic (exact) mass is 77.1 g/mol. The summed E-state index contributed by atoms with van der Waals surface area (Å²) in [6, 6.07) is 0. The third-order valence-corrected chi connectivity index (χ3v) is 0.129. The molecule has 0 rings (SSSR count). The molecule has 0 unspecified atom stereocenters. The third-order valence-electron chi connectivity index (χ3n) is 0.129. The lowest BCUT2D eigenvalue weighted by Gasteiger charge is -1.71. The molecule has 0 saturated carbocycles. The second-order valence-electron chi connectivity index (χ2n) is 0.512. The standard InChI is InChI=1S/C2H7NO.CH4/c3-1-2-4;/h4H,1-3H2;1H4. The fraction of sp³-hybridized carbons (Fsp3) is 1.00. The first-order chi connectivity index (χ1) is 1.91. The molecule has 0 aliphatic carbocycles. The van der Waals surface area contributed by atoms with Crippen molar-refractivity contribution in [2.24, 2.45) is 5.73 Å². The smallest absolute Gasteiger partial charge is 0.0553 e. The highest BCUT2D eigenvalue weighted by Gasteiger charge is 1.56. The highest BCUT2D eigenvalue weighted by Crippen LogP contribution is 1.33. The van der Waals surface area contributed by atoms with E-state index in [1.807, 2.05) is 0 Å². The number of nitrogens with two attached hydrogens (primary N) is 1. The first kappa shape index (κ1) is 8.87. The van der Waals surface area contributed by atoms with E-state index >= 15 is 0 Å². The Bertz CT molecular complexity index is 8.85. The Morgan fingerprint density at radius 2 is 1.80 bits per heavy atom. The molecule has 5 heavy (non-hydrogen) atoms. The molecule has 0 radical (unpaired) electrons. The van der Waals surface area contributed by atoms with Gasteiger partial charge in [-0.05, 0) is 0 Å². The lowest BCUT2D eigenvalue weighted by atomic mass is 10.8. The van der Waals surface area contributed by atoms with Crippen molar-refractivity contribution >= 4 is 0 Å². The molecule has 0 aromatic carbocycles. The second kappa shape index (κ2) is 9.07. The Balaban J connectivity index is 0. The Hall–Kier alpha value is -0.0800. The predicted octanol–water partition coefficient (Wildman–Crippen LogP) is -0.426. The van der Waals surface area contributed by atoms with E-state index in [0.29, 0.717) is 6.54 Å². The predicted molar refractivity (Wildman–Crippen MR) is 22.9 cm³/mol. The normalized spacial score (nSPS) is 6.00. The van der Waals surface area contributed by atoms with E-state index in [0.717, 1.165) is 0 Å². The Labute approximate surface area is 32.6 Å². The van der Waals surface area contributed by atoms with Crippen LogP contribution in [-0.4, -0.2) is 18.3 Å². The summed E-state index contributed by atoms with van der Waals surface area (Å²) in [6.45, 7) is 0.472. The minimum absolute atomic E-state index is 0. The summed E-state index contributed by atoms with van der Waals surface area (Å²) in [5.74, 6) is 0. The molecule has 0 heterocycles. The van der Waals surface area contributed by atoms with Crippen molar-refractivity contribution < 1.29 is 5.11 Å². The molecule has 0 fully saturated rings. The van der Waals surface area contributed by atoms with Gasteiger partial charge in [0, 0.05) is 6.54 Å². The third kappa shape index (κ3) is 17.1. The molecule has 0 spiro atoms. The van der Waals surface area contributed by atoms with Crippen molar-refractivity contribution in [3.05, 3.63) is 0 Å². The van der Waals surface area contributed by atoms with Crippen LogP contribution in [-0.2, 0) is 0 Å². The van der Waals surface area contributed by atoms with Crippen molar-refractivity contribution in [3.63, 3.8) is 0 Å². The van der Waals surface area contributed by atoms with Crippen LogP contribution in [0.5, 0.6) is 0 Å². The fourth-order valence-electron chi connectivity index (χ4n) is 0. The molecular weight excluding hydrogens is 66.0 g/mol. The zero-order valence-corrected chi connectivity index (χ0v) is 2.44. The van der Waals surface area contributed by atoms with Gasteiger partial charge in [0.1, 0.15) is 0 Å². The molecule has 0 aliphatic rings. The van der Waals surface area contributed by atoms with Gasteiger partial charge in [-0.25, -0.2) is 0 Å². The van der Waals surface area contributed by atoms with Gasteiger partial charge in [0.15, 0.2) is 0 Å².